The van der Waals surface area contributed by atoms with Gasteiger partial charge in [-0.3, -0.25) is 14.9 Å². The number of nitro groups is 1. The maximum absolute atomic E-state index is 12.6. The lowest BCUT2D eigenvalue weighted by atomic mass is 10.1. The summed E-state index contributed by atoms with van der Waals surface area (Å²) < 4.78 is 1.86. The topological polar surface area (TPSA) is 101 Å². The first kappa shape index (κ1) is 21.8. The number of aromatic nitrogens is 1. The van der Waals surface area contributed by atoms with Crippen LogP contribution in [-0.4, -0.2) is 15.4 Å². The average Bonchev–Trinajstić information content (AvgIpc) is 2.98. The molecule has 8 heteroatoms. The molecule has 0 aliphatic rings. The third-order valence-corrected chi connectivity index (χ3v) is 5.10. The molecule has 0 bridgehead atoms. The molecule has 7 nitrogen and oxygen atoms in total. The zero-order valence-electron chi connectivity index (χ0n) is 17.1. The number of rotatable bonds is 5. The molecule has 0 saturated carbocycles. The molecular weight excluding hydrogens is 416 g/mol. The Labute approximate surface area is 184 Å². The van der Waals surface area contributed by atoms with Gasteiger partial charge in [0.2, 0.25) is 0 Å². The lowest BCUT2D eigenvalue weighted by molar-refractivity contribution is -0.384. The first-order valence-electron chi connectivity index (χ1n) is 9.34. The Hall–Kier alpha value is -3.89. The van der Waals surface area contributed by atoms with Gasteiger partial charge in [0, 0.05) is 28.8 Å². The summed E-state index contributed by atoms with van der Waals surface area (Å²) in [6, 6.07) is 15.6. The van der Waals surface area contributed by atoms with Gasteiger partial charge in [-0.25, -0.2) is 0 Å². The number of carbonyl (C=O) groups excluding carboxylic acids is 1. The van der Waals surface area contributed by atoms with Gasteiger partial charge in [-0.05, 0) is 68.3 Å². The van der Waals surface area contributed by atoms with Crippen molar-refractivity contribution in [1.82, 2.24) is 4.57 Å². The molecule has 3 rings (SSSR count). The molecule has 0 aliphatic heterocycles. The molecule has 1 heterocycles. The number of nitrogens with zero attached hydrogens (tertiary/aromatic N) is 3. The van der Waals surface area contributed by atoms with Crippen molar-refractivity contribution in [2.45, 2.75) is 20.8 Å². The summed E-state index contributed by atoms with van der Waals surface area (Å²) in [4.78, 5) is 23.1. The minimum Gasteiger partial charge on any atom is -0.321 e. The highest BCUT2D eigenvalue weighted by atomic mass is 35.5. The fourth-order valence-electron chi connectivity index (χ4n) is 3.34. The van der Waals surface area contributed by atoms with Crippen molar-refractivity contribution >= 4 is 35.0 Å². The van der Waals surface area contributed by atoms with Crippen LogP contribution in [-0.2, 0) is 4.79 Å². The average molecular weight is 435 g/mol. The predicted molar refractivity (Wildman–Crippen MR) is 120 cm³/mol. The Morgan fingerprint density at radius 1 is 1.19 bits per heavy atom. The monoisotopic (exact) mass is 434 g/mol. The number of nitro benzene ring substituents is 1. The number of anilines is 1. The van der Waals surface area contributed by atoms with Gasteiger partial charge >= 0.3 is 0 Å². The minimum atomic E-state index is -0.540. The number of amides is 1. The van der Waals surface area contributed by atoms with Crippen LogP contribution in [0.5, 0.6) is 0 Å². The van der Waals surface area contributed by atoms with E-state index >= 15 is 0 Å². The Kier molecular flexibility index (Phi) is 6.23. The molecule has 0 spiro atoms. The standard InChI is InChI=1S/C23H19ClN4O3/c1-14-5-4-6-19(9-14)26-23(29)18(13-25)11-17-10-15(2)27(16(17)3)20-7-8-22(28(30)31)21(24)12-20/h4-12H,1-3H3,(H,26,29)/b18-11-. The van der Waals surface area contributed by atoms with E-state index in [-0.39, 0.29) is 16.3 Å². The molecule has 156 valence electrons. The van der Waals surface area contributed by atoms with Crippen LogP contribution in [0.1, 0.15) is 22.5 Å². The first-order chi connectivity index (χ1) is 14.7. The Bertz CT molecular complexity index is 1270. The van der Waals surface area contributed by atoms with E-state index in [1.807, 2.05) is 55.7 Å². The zero-order chi connectivity index (χ0) is 22.7. The number of halogens is 1. The number of nitrogens with one attached hydrogen (secondary N) is 1. The van der Waals surface area contributed by atoms with Gasteiger partial charge in [0.05, 0.1) is 4.92 Å². The number of benzene rings is 2. The number of carbonyl (C=O) groups is 1. The Morgan fingerprint density at radius 2 is 1.94 bits per heavy atom. The zero-order valence-corrected chi connectivity index (χ0v) is 17.9. The molecule has 0 aliphatic carbocycles. The number of hydrogen-bond donors (Lipinski definition) is 1. The van der Waals surface area contributed by atoms with Gasteiger partial charge in [0.25, 0.3) is 11.6 Å². The van der Waals surface area contributed by atoms with Crippen LogP contribution in [0.3, 0.4) is 0 Å². The summed E-state index contributed by atoms with van der Waals surface area (Å²) in [7, 11) is 0. The fourth-order valence-corrected chi connectivity index (χ4v) is 3.58. The maximum atomic E-state index is 12.6. The number of hydrogen-bond acceptors (Lipinski definition) is 4. The van der Waals surface area contributed by atoms with Crippen LogP contribution in [0.25, 0.3) is 11.8 Å². The molecule has 0 unspecified atom stereocenters. The number of aryl methyl sites for hydroxylation is 2. The van der Waals surface area contributed by atoms with E-state index in [0.717, 1.165) is 17.0 Å². The van der Waals surface area contributed by atoms with Gasteiger partial charge in [-0.1, -0.05) is 23.7 Å². The SMILES string of the molecule is Cc1cccc(NC(=O)/C(C#N)=C\c2cc(C)n(-c3ccc([N+](=O)[O-])c(Cl)c3)c2C)c1. The predicted octanol–water partition coefficient (Wildman–Crippen LogP) is 5.51. The molecule has 0 fully saturated rings. The summed E-state index contributed by atoms with van der Waals surface area (Å²) in [6.07, 6.45) is 1.52. The summed E-state index contributed by atoms with van der Waals surface area (Å²) in [5.41, 5.74) is 4.30. The third-order valence-electron chi connectivity index (χ3n) is 4.80. The van der Waals surface area contributed by atoms with Gasteiger partial charge in [0.15, 0.2) is 0 Å². The summed E-state index contributed by atoms with van der Waals surface area (Å²) in [6.45, 7) is 5.61. The third kappa shape index (κ3) is 4.65. The molecule has 0 atom stereocenters. The van der Waals surface area contributed by atoms with Crippen molar-refractivity contribution in [1.29, 1.82) is 5.26 Å². The molecule has 0 saturated heterocycles. The lowest BCUT2D eigenvalue weighted by Crippen LogP contribution is -2.13. The largest absolute Gasteiger partial charge is 0.321 e. The molecule has 31 heavy (non-hydrogen) atoms. The van der Waals surface area contributed by atoms with Gasteiger partial charge in [0.1, 0.15) is 16.7 Å². The van der Waals surface area contributed by atoms with Gasteiger partial charge < -0.3 is 9.88 Å². The van der Waals surface area contributed by atoms with Crippen LogP contribution in [0, 0.1) is 42.2 Å². The molecule has 1 aromatic heterocycles. The summed E-state index contributed by atoms with van der Waals surface area (Å²) in [5, 5.41) is 23.3. The van der Waals surface area contributed by atoms with Crippen molar-refractivity contribution in [3.63, 3.8) is 0 Å². The molecule has 2 aromatic carbocycles. The lowest BCUT2D eigenvalue weighted by Gasteiger charge is -2.10. The van der Waals surface area contributed by atoms with Crippen LogP contribution in [0.2, 0.25) is 5.02 Å². The highest BCUT2D eigenvalue weighted by molar-refractivity contribution is 6.32. The van der Waals surface area contributed by atoms with E-state index in [4.69, 9.17) is 11.6 Å². The second kappa shape index (κ2) is 8.86. The van der Waals surface area contributed by atoms with E-state index in [9.17, 15) is 20.2 Å². The maximum Gasteiger partial charge on any atom is 0.288 e. The van der Waals surface area contributed by atoms with Crippen LogP contribution in [0.4, 0.5) is 11.4 Å². The highest BCUT2D eigenvalue weighted by Crippen LogP contribution is 2.29. The highest BCUT2D eigenvalue weighted by Gasteiger charge is 2.17. The Morgan fingerprint density at radius 3 is 2.55 bits per heavy atom. The smallest absolute Gasteiger partial charge is 0.288 e. The van der Waals surface area contributed by atoms with E-state index in [2.05, 4.69) is 5.32 Å². The normalized spacial score (nSPS) is 11.1. The molecule has 3 aromatic rings. The van der Waals surface area contributed by atoms with E-state index in [0.29, 0.717) is 16.9 Å². The minimum absolute atomic E-state index is 0.0299. The van der Waals surface area contributed by atoms with Crippen LogP contribution >= 0.6 is 11.6 Å². The van der Waals surface area contributed by atoms with Gasteiger partial charge in [-0.2, -0.15) is 5.26 Å². The van der Waals surface area contributed by atoms with Crippen molar-refractivity contribution < 1.29 is 9.72 Å². The van der Waals surface area contributed by atoms with Crippen LogP contribution < -0.4 is 5.32 Å². The molecule has 1 amide bonds. The van der Waals surface area contributed by atoms with Crippen molar-refractivity contribution in [2.75, 3.05) is 5.32 Å². The summed E-state index contributed by atoms with van der Waals surface area (Å²) in [5.74, 6) is -0.503. The molecular formula is C23H19ClN4O3. The second-order valence-electron chi connectivity index (χ2n) is 7.05. The van der Waals surface area contributed by atoms with E-state index in [1.165, 1.54) is 18.2 Å². The Balaban J connectivity index is 1.96. The fraction of sp³-hybridized carbons (Fsp3) is 0.130. The molecule has 0 radical (unpaired) electrons. The van der Waals surface area contributed by atoms with Crippen molar-refractivity contribution in [3.8, 4) is 11.8 Å². The second-order valence-corrected chi connectivity index (χ2v) is 7.46. The summed E-state index contributed by atoms with van der Waals surface area (Å²) >= 11 is 6.06. The van der Waals surface area contributed by atoms with Crippen LogP contribution in [0.15, 0.2) is 54.1 Å². The first-order valence-corrected chi connectivity index (χ1v) is 9.72. The quantitative estimate of drug-likeness (QED) is 0.247. The van der Waals surface area contributed by atoms with Gasteiger partial charge in [-0.15, -0.1) is 0 Å². The van der Waals surface area contributed by atoms with E-state index < -0.39 is 10.8 Å². The van der Waals surface area contributed by atoms with Crippen molar-refractivity contribution in [3.05, 3.63) is 91.8 Å². The number of nitriles is 1. The molecule has 1 N–H and O–H groups in total. The van der Waals surface area contributed by atoms with Crippen molar-refractivity contribution in [2.24, 2.45) is 0 Å². The van der Waals surface area contributed by atoms with E-state index in [1.54, 1.807) is 12.1 Å².